The van der Waals surface area contributed by atoms with Crippen LogP contribution in [0.1, 0.15) is 44.1 Å². The van der Waals surface area contributed by atoms with Gasteiger partial charge in [0.25, 0.3) is 0 Å². The maximum Gasteiger partial charge on any atom is 0.182 e. The van der Waals surface area contributed by atoms with Gasteiger partial charge in [-0.1, -0.05) is 20.8 Å². The minimum Gasteiger partial charge on any atom is -0.385 e. The molecule has 0 aliphatic rings. The molecule has 1 heterocycles. The average molecular weight is 267 g/mol. The third kappa shape index (κ3) is 4.76. The van der Waals surface area contributed by atoms with Crippen LogP contribution in [0.5, 0.6) is 0 Å². The van der Waals surface area contributed by atoms with Crippen molar-refractivity contribution in [1.29, 1.82) is 0 Å². The van der Waals surface area contributed by atoms with Crippen LogP contribution in [0, 0.1) is 5.41 Å². The maximum atomic E-state index is 12.2. The zero-order valence-corrected chi connectivity index (χ0v) is 12.3. The molecule has 1 unspecified atom stereocenters. The Morgan fingerprint density at radius 3 is 2.79 bits per heavy atom. The first-order valence-corrected chi connectivity index (χ1v) is 6.65. The molecule has 5 nitrogen and oxygen atoms in total. The number of rotatable bonds is 7. The Kier molecular flexibility index (Phi) is 5.69. The van der Waals surface area contributed by atoms with Crippen LogP contribution in [0.4, 0.5) is 0 Å². The van der Waals surface area contributed by atoms with Gasteiger partial charge in [0, 0.05) is 38.9 Å². The minimum absolute atomic E-state index is 0.0531. The molecule has 1 rings (SSSR count). The second-order valence-electron chi connectivity index (χ2n) is 5.89. The maximum absolute atomic E-state index is 12.2. The fourth-order valence-corrected chi connectivity index (χ4v) is 1.72. The second kappa shape index (κ2) is 6.82. The van der Waals surface area contributed by atoms with Crippen molar-refractivity contribution in [3.8, 4) is 0 Å². The number of carbonyl (C=O) groups excluding carboxylic acids is 1. The highest BCUT2D eigenvalue weighted by Crippen LogP contribution is 2.21. The monoisotopic (exact) mass is 267 g/mol. The van der Waals surface area contributed by atoms with Crippen LogP contribution in [-0.2, 0) is 11.3 Å². The van der Waals surface area contributed by atoms with Crippen LogP contribution >= 0.6 is 0 Å². The summed E-state index contributed by atoms with van der Waals surface area (Å²) in [4.78, 5) is 12.2. The average Bonchev–Trinajstić information content (AvgIpc) is 2.76. The first kappa shape index (κ1) is 15.9. The molecule has 0 amide bonds. The molecule has 0 fully saturated rings. The number of hydrogen-bond acceptors (Lipinski definition) is 4. The lowest BCUT2D eigenvalue weighted by molar-refractivity contribution is 0.0941. The van der Waals surface area contributed by atoms with Crippen molar-refractivity contribution in [3.05, 3.63) is 18.0 Å². The molecule has 1 atom stereocenters. The van der Waals surface area contributed by atoms with Crippen LogP contribution in [0.2, 0.25) is 0 Å². The van der Waals surface area contributed by atoms with Gasteiger partial charge in [-0.15, -0.1) is 0 Å². The Labute approximate surface area is 115 Å². The molecule has 1 aromatic heterocycles. The van der Waals surface area contributed by atoms with Crippen molar-refractivity contribution in [1.82, 2.24) is 9.78 Å². The molecule has 0 aliphatic carbocycles. The zero-order valence-electron chi connectivity index (χ0n) is 12.3. The molecule has 5 heteroatoms. The number of nitrogens with zero attached hydrogens (tertiary/aromatic N) is 2. The Hall–Kier alpha value is -1.20. The van der Waals surface area contributed by atoms with E-state index in [4.69, 9.17) is 10.5 Å². The lowest BCUT2D eigenvalue weighted by Gasteiger charge is -2.26. The number of aromatic nitrogens is 2. The third-order valence-corrected chi connectivity index (χ3v) is 3.24. The first-order chi connectivity index (χ1) is 8.86. The van der Waals surface area contributed by atoms with Crippen molar-refractivity contribution in [2.45, 2.75) is 46.2 Å². The lowest BCUT2D eigenvalue weighted by atomic mass is 9.84. The first-order valence-electron chi connectivity index (χ1n) is 6.65. The number of carbonyl (C=O) groups is 1. The van der Waals surface area contributed by atoms with Gasteiger partial charge in [0.15, 0.2) is 5.78 Å². The third-order valence-electron chi connectivity index (χ3n) is 3.24. The molecule has 0 saturated carbocycles. The number of aryl methyl sites for hydroxylation is 1. The van der Waals surface area contributed by atoms with E-state index in [1.165, 1.54) is 0 Å². The summed E-state index contributed by atoms with van der Waals surface area (Å²) in [7, 11) is 1.66. The summed E-state index contributed by atoms with van der Waals surface area (Å²) in [5.41, 5.74) is 6.62. The van der Waals surface area contributed by atoms with Crippen LogP contribution in [0.15, 0.2) is 12.3 Å². The Morgan fingerprint density at radius 2 is 2.21 bits per heavy atom. The van der Waals surface area contributed by atoms with E-state index in [2.05, 4.69) is 5.10 Å². The SMILES string of the molecule is COCCCn1nccc1C(=O)CC(N)C(C)(C)C. The van der Waals surface area contributed by atoms with E-state index in [-0.39, 0.29) is 17.2 Å². The van der Waals surface area contributed by atoms with E-state index >= 15 is 0 Å². The number of ether oxygens (including phenoxy) is 1. The van der Waals surface area contributed by atoms with Crippen LogP contribution in [-0.4, -0.2) is 35.3 Å². The van der Waals surface area contributed by atoms with Crippen molar-refractivity contribution < 1.29 is 9.53 Å². The highest BCUT2D eigenvalue weighted by atomic mass is 16.5. The molecule has 19 heavy (non-hydrogen) atoms. The Bertz CT molecular complexity index is 407. The van der Waals surface area contributed by atoms with Crippen molar-refractivity contribution in [3.63, 3.8) is 0 Å². The molecule has 0 aromatic carbocycles. The summed E-state index contributed by atoms with van der Waals surface area (Å²) < 4.78 is 6.74. The molecule has 0 spiro atoms. The number of ketones is 1. The number of nitrogens with two attached hydrogens (primary N) is 1. The van der Waals surface area contributed by atoms with Crippen molar-refractivity contribution >= 4 is 5.78 Å². The van der Waals surface area contributed by atoms with E-state index in [9.17, 15) is 4.79 Å². The molecular weight excluding hydrogens is 242 g/mol. The highest BCUT2D eigenvalue weighted by molar-refractivity contribution is 5.94. The fourth-order valence-electron chi connectivity index (χ4n) is 1.72. The van der Waals surface area contributed by atoms with Crippen LogP contribution in [0.25, 0.3) is 0 Å². The number of methoxy groups -OCH3 is 1. The standard InChI is InChI=1S/C14H25N3O2/c1-14(2,3)13(15)10-12(18)11-6-7-16-17(11)8-5-9-19-4/h6-7,13H,5,8-10,15H2,1-4H3. The topological polar surface area (TPSA) is 70.1 Å². The second-order valence-corrected chi connectivity index (χ2v) is 5.89. The summed E-state index contributed by atoms with van der Waals surface area (Å²) in [6.07, 6.45) is 2.84. The van der Waals surface area contributed by atoms with Gasteiger partial charge >= 0.3 is 0 Å². The van der Waals surface area contributed by atoms with Crippen LogP contribution in [0.3, 0.4) is 0 Å². The predicted octanol–water partition coefficient (Wildman–Crippen LogP) is 1.87. The van der Waals surface area contributed by atoms with Gasteiger partial charge in [0.1, 0.15) is 5.69 Å². The summed E-state index contributed by atoms with van der Waals surface area (Å²) in [5, 5.41) is 4.18. The van der Waals surface area contributed by atoms with E-state index in [1.54, 1.807) is 24.1 Å². The summed E-state index contributed by atoms with van der Waals surface area (Å²) in [6.45, 7) is 7.48. The van der Waals surface area contributed by atoms with Gasteiger partial charge < -0.3 is 10.5 Å². The molecular formula is C14H25N3O2. The van der Waals surface area contributed by atoms with Crippen LogP contribution < -0.4 is 5.73 Å². The molecule has 108 valence electrons. The van der Waals surface area contributed by atoms with E-state index < -0.39 is 0 Å². The lowest BCUT2D eigenvalue weighted by Crippen LogP contribution is -2.37. The summed E-state index contributed by atoms with van der Waals surface area (Å²) >= 11 is 0. The molecule has 0 aliphatic heterocycles. The smallest absolute Gasteiger partial charge is 0.182 e. The summed E-state index contributed by atoms with van der Waals surface area (Å²) in [6, 6.07) is 1.60. The molecule has 0 radical (unpaired) electrons. The van der Waals surface area contributed by atoms with Crippen molar-refractivity contribution in [2.75, 3.05) is 13.7 Å². The van der Waals surface area contributed by atoms with Crippen molar-refractivity contribution in [2.24, 2.45) is 11.1 Å². The largest absolute Gasteiger partial charge is 0.385 e. The summed E-state index contributed by atoms with van der Waals surface area (Å²) in [5.74, 6) is 0.0531. The van der Waals surface area contributed by atoms with Gasteiger partial charge in [-0.05, 0) is 17.9 Å². The van der Waals surface area contributed by atoms with Gasteiger partial charge in [0.2, 0.25) is 0 Å². The number of Topliss-reactive ketones (excluding diaryl/α,β-unsaturated/α-hetero) is 1. The predicted molar refractivity (Wildman–Crippen MR) is 75.1 cm³/mol. The fraction of sp³-hybridized carbons (Fsp3) is 0.714. The van der Waals surface area contributed by atoms with Gasteiger partial charge in [0.05, 0.1) is 0 Å². The Morgan fingerprint density at radius 1 is 1.53 bits per heavy atom. The van der Waals surface area contributed by atoms with E-state index in [0.717, 1.165) is 6.42 Å². The van der Waals surface area contributed by atoms with E-state index in [0.29, 0.717) is 25.3 Å². The van der Waals surface area contributed by atoms with Gasteiger partial charge in [-0.25, -0.2) is 0 Å². The van der Waals surface area contributed by atoms with Gasteiger partial charge in [-0.3, -0.25) is 9.48 Å². The molecule has 0 bridgehead atoms. The normalized spacial score (nSPS) is 13.5. The Balaban J connectivity index is 2.65. The highest BCUT2D eigenvalue weighted by Gasteiger charge is 2.24. The molecule has 1 aromatic rings. The number of hydrogen-bond donors (Lipinski definition) is 1. The quantitative estimate of drug-likeness (QED) is 0.605. The zero-order chi connectivity index (χ0) is 14.5. The van der Waals surface area contributed by atoms with Gasteiger partial charge in [-0.2, -0.15) is 5.10 Å². The minimum atomic E-state index is -0.151. The molecule has 2 N–H and O–H groups in total. The van der Waals surface area contributed by atoms with E-state index in [1.807, 2.05) is 20.8 Å². The molecule has 0 saturated heterocycles.